The second kappa shape index (κ2) is 7.73. The zero-order valence-corrected chi connectivity index (χ0v) is 19.1. The van der Waals surface area contributed by atoms with Crippen LogP contribution in [0.3, 0.4) is 0 Å². The van der Waals surface area contributed by atoms with Crippen molar-refractivity contribution in [2.45, 2.75) is 44.2 Å². The van der Waals surface area contributed by atoms with Crippen molar-refractivity contribution >= 4 is 22.8 Å². The fourth-order valence-electron chi connectivity index (χ4n) is 6.07. The molecule has 0 radical (unpaired) electrons. The second-order valence-electron chi connectivity index (χ2n) is 9.84. The summed E-state index contributed by atoms with van der Waals surface area (Å²) in [6.07, 6.45) is 4.20. The number of aromatic amines is 1. The number of nitrogens with zero attached hydrogens (tertiary/aromatic N) is 3. The van der Waals surface area contributed by atoms with Crippen LogP contribution >= 0.6 is 0 Å². The Morgan fingerprint density at radius 1 is 0.939 bits per heavy atom. The van der Waals surface area contributed by atoms with E-state index < -0.39 is 5.54 Å². The lowest BCUT2D eigenvalue weighted by Gasteiger charge is -2.42. The third kappa shape index (κ3) is 3.11. The molecule has 33 heavy (non-hydrogen) atoms. The van der Waals surface area contributed by atoms with Crippen LogP contribution in [0.25, 0.3) is 10.9 Å². The first-order chi connectivity index (χ1) is 16.1. The largest absolute Gasteiger partial charge is 0.356 e. The number of H-pyrrole nitrogens is 1. The van der Waals surface area contributed by atoms with Gasteiger partial charge in [-0.05, 0) is 50.0 Å². The van der Waals surface area contributed by atoms with Crippen molar-refractivity contribution in [2.75, 3.05) is 26.2 Å². The maximum absolute atomic E-state index is 13.8. The molecule has 3 aromatic rings. The van der Waals surface area contributed by atoms with Crippen molar-refractivity contribution < 1.29 is 9.59 Å². The summed E-state index contributed by atoms with van der Waals surface area (Å²) < 4.78 is 0. The molecule has 6 rings (SSSR count). The second-order valence-corrected chi connectivity index (χ2v) is 9.84. The molecule has 1 aromatic heterocycles. The van der Waals surface area contributed by atoms with E-state index in [4.69, 9.17) is 0 Å². The van der Waals surface area contributed by atoms with Gasteiger partial charge < -0.3 is 9.88 Å². The van der Waals surface area contributed by atoms with E-state index >= 15 is 0 Å². The van der Waals surface area contributed by atoms with E-state index in [2.05, 4.69) is 34.1 Å². The van der Waals surface area contributed by atoms with Crippen LogP contribution in [0.1, 0.15) is 49.0 Å². The predicted molar refractivity (Wildman–Crippen MR) is 128 cm³/mol. The van der Waals surface area contributed by atoms with Gasteiger partial charge >= 0.3 is 6.03 Å². The number of aromatic nitrogens is 1. The predicted octanol–water partition coefficient (Wildman–Crippen LogP) is 4.32. The number of carbonyl (C=O) groups is 2. The van der Waals surface area contributed by atoms with E-state index in [9.17, 15) is 9.59 Å². The summed E-state index contributed by atoms with van der Waals surface area (Å²) in [5.41, 5.74) is 3.36. The molecule has 2 atom stereocenters. The van der Waals surface area contributed by atoms with E-state index in [1.54, 1.807) is 0 Å². The Bertz CT molecular complexity index is 1210. The third-order valence-corrected chi connectivity index (χ3v) is 7.78. The average molecular weight is 443 g/mol. The number of carbonyl (C=O) groups excluding carboxylic acids is 2. The number of fused-ring (bicyclic) bond motifs is 4. The molecule has 2 saturated heterocycles. The van der Waals surface area contributed by atoms with Crippen LogP contribution in [-0.4, -0.2) is 63.3 Å². The first-order valence-electron chi connectivity index (χ1n) is 12.1. The van der Waals surface area contributed by atoms with Gasteiger partial charge in [0.1, 0.15) is 11.6 Å². The maximum atomic E-state index is 13.8. The molecular weight excluding hydrogens is 412 g/mol. The molecule has 6 nitrogen and oxygen atoms in total. The van der Waals surface area contributed by atoms with Crippen molar-refractivity contribution in [1.29, 1.82) is 0 Å². The molecule has 170 valence electrons. The van der Waals surface area contributed by atoms with Crippen LogP contribution in [0.4, 0.5) is 4.79 Å². The number of piperidine rings is 1. The first kappa shape index (κ1) is 20.5. The zero-order chi connectivity index (χ0) is 22.6. The van der Waals surface area contributed by atoms with E-state index in [0.29, 0.717) is 13.0 Å². The lowest BCUT2D eigenvalue weighted by Crippen LogP contribution is -2.53. The zero-order valence-electron chi connectivity index (χ0n) is 19.1. The van der Waals surface area contributed by atoms with Gasteiger partial charge in [0, 0.05) is 36.1 Å². The number of rotatable bonds is 4. The summed E-state index contributed by atoms with van der Waals surface area (Å²) in [6.45, 7) is 5.28. The number of imide groups is 1. The Morgan fingerprint density at radius 3 is 2.45 bits per heavy atom. The molecule has 2 aromatic carbocycles. The molecule has 2 unspecified atom stereocenters. The Kier molecular flexibility index (Phi) is 4.80. The third-order valence-electron chi connectivity index (χ3n) is 7.78. The summed E-state index contributed by atoms with van der Waals surface area (Å²) in [5, 5.41) is 1.14. The van der Waals surface area contributed by atoms with Crippen molar-refractivity contribution in [3.8, 4) is 0 Å². The normalized spacial score (nSPS) is 25.5. The summed E-state index contributed by atoms with van der Waals surface area (Å²) in [4.78, 5) is 37.0. The van der Waals surface area contributed by atoms with Crippen molar-refractivity contribution in [2.24, 2.45) is 0 Å². The Hall–Kier alpha value is -3.12. The lowest BCUT2D eigenvalue weighted by molar-refractivity contribution is -0.133. The number of nitrogens with one attached hydrogen (secondary N) is 1. The van der Waals surface area contributed by atoms with Gasteiger partial charge in [-0.15, -0.1) is 0 Å². The first-order valence-corrected chi connectivity index (χ1v) is 12.1. The average Bonchev–Trinajstić information content (AvgIpc) is 3.30. The summed E-state index contributed by atoms with van der Waals surface area (Å²) >= 11 is 0. The highest BCUT2D eigenvalue weighted by Gasteiger charge is 2.60. The minimum atomic E-state index is -0.891. The molecule has 3 aliphatic heterocycles. The molecule has 0 spiro atoms. The number of benzene rings is 2. The number of amides is 3. The van der Waals surface area contributed by atoms with Gasteiger partial charge in [-0.3, -0.25) is 14.6 Å². The van der Waals surface area contributed by atoms with Gasteiger partial charge in [0.2, 0.25) is 0 Å². The smallest absolute Gasteiger partial charge is 0.328 e. The van der Waals surface area contributed by atoms with E-state index in [1.165, 1.54) is 24.2 Å². The van der Waals surface area contributed by atoms with Crippen molar-refractivity contribution in [1.82, 2.24) is 19.7 Å². The van der Waals surface area contributed by atoms with E-state index in [1.807, 2.05) is 42.2 Å². The molecule has 0 saturated carbocycles. The Balaban J connectivity index is 1.42. The fourth-order valence-corrected chi connectivity index (χ4v) is 6.07. The summed E-state index contributed by atoms with van der Waals surface area (Å²) in [6, 6.07) is 17.8. The standard InChI is InChI=1S/C27H30N4O2/c1-27-18-21-20-12-6-7-13-22(20)28-23(21)24(19-10-4-2-5-11-19)31(27)26(33)30(25(27)32)17-16-29-14-8-3-9-15-29/h2,4-7,10-13,24,28H,3,8-9,14-18H2,1H3. The molecule has 6 heteroatoms. The minimum absolute atomic E-state index is 0.0682. The molecule has 3 aliphatic rings. The number of para-hydroxylation sites is 1. The summed E-state index contributed by atoms with van der Waals surface area (Å²) in [5.74, 6) is -0.0682. The highest BCUT2D eigenvalue weighted by Crippen LogP contribution is 2.48. The molecule has 0 aliphatic carbocycles. The van der Waals surface area contributed by atoms with Crippen LogP contribution in [0, 0.1) is 0 Å². The molecule has 0 bridgehead atoms. The van der Waals surface area contributed by atoms with Crippen LogP contribution < -0.4 is 0 Å². The lowest BCUT2D eigenvalue weighted by atomic mass is 9.81. The molecule has 3 amide bonds. The number of hydrogen-bond donors (Lipinski definition) is 1. The summed E-state index contributed by atoms with van der Waals surface area (Å²) in [7, 11) is 0. The SMILES string of the molecule is CC12Cc3c([nH]c4ccccc34)C(c3ccccc3)N1C(=O)N(CCN1CCCCC1)C2=O. The highest BCUT2D eigenvalue weighted by atomic mass is 16.2. The maximum Gasteiger partial charge on any atom is 0.328 e. The molecular formula is C27H30N4O2. The monoisotopic (exact) mass is 442 g/mol. The number of urea groups is 1. The van der Waals surface area contributed by atoms with Gasteiger partial charge in [0.25, 0.3) is 5.91 Å². The topological polar surface area (TPSA) is 59.7 Å². The van der Waals surface area contributed by atoms with E-state index in [-0.39, 0.29) is 18.0 Å². The highest BCUT2D eigenvalue weighted by molar-refractivity contribution is 6.08. The molecule has 1 N–H and O–H groups in total. The quantitative estimate of drug-likeness (QED) is 0.612. The van der Waals surface area contributed by atoms with E-state index in [0.717, 1.165) is 47.4 Å². The van der Waals surface area contributed by atoms with Gasteiger partial charge in [-0.2, -0.15) is 0 Å². The van der Waals surface area contributed by atoms with Gasteiger partial charge in [-0.1, -0.05) is 55.0 Å². The Morgan fingerprint density at radius 2 is 1.67 bits per heavy atom. The minimum Gasteiger partial charge on any atom is -0.356 e. The number of hydrogen-bond acceptors (Lipinski definition) is 3. The fraction of sp³-hybridized carbons (Fsp3) is 0.407. The van der Waals surface area contributed by atoms with Crippen LogP contribution in [0.15, 0.2) is 54.6 Å². The number of likely N-dealkylation sites (tertiary alicyclic amines) is 1. The van der Waals surface area contributed by atoms with Crippen LogP contribution in [0.2, 0.25) is 0 Å². The van der Waals surface area contributed by atoms with Crippen molar-refractivity contribution in [3.63, 3.8) is 0 Å². The molecule has 2 fully saturated rings. The Labute approximate surface area is 194 Å². The van der Waals surface area contributed by atoms with Gasteiger partial charge in [0.15, 0.2) is 0 Å². The van der Waals surface area contributed by atoms with Crippen LogP contribution in [-0.2, 0) is 11.2 Å². The molecule has 4 heterocycles. The van der Waals surface area contributed by atoms with Crippen molar-refractivity contribution in [3.05, 3.63) is 71.4 Å². The van der Waals surface area contributed by atoms with Gasteiger partial charge in [-0.25, -0.2) is 4.79 Å². The van der Waals surface area contributed by atoms with Gasteiger partial charge in [0.05, 0.1) is 0 Å². The van der Waals surface area contributed by atoms with Crippen LogP contribution in [0.5, 0.6) is 0 Å².